The zero-order chi connectivity index (χ0) is 23.9. The van der Waals surface area contributed by atoms with E-state index in [0.29, 0.717) is 42.8 Å². The van der Waals surface area contributed by atoms with Gasteiger partial charge in [-0.3, -0.25) is 0 Å². The number of ether oxygens (including phenoxy) is 2. The molecular formula is C24H28F4N4O2. The molecule has 0 radical (unpaired) electrons. The molecular weight excluding hydrogens is 452 g/mol. The van der Waals surface area contributed by atoms with Crippen LogP contribution in [0, 0.1) is 24.6 Å². The van der Waals surface area contributed by atoms with Crippen molar-refractivity contribution in [3.05, 3.63) is 41.2 Å². The Kier molecular flexibility index (Phi) is 6.47. The molecule has 1 N–H and O–H groups in total. The average molecular weight is 481 g/mol. The lowest BCUT2D eigenvalue weighted by Crippen LogP contribution is -2.39. The molecule has 34 heavy (non-hydrogen) atoms. The largest absolute Gasteiger partial charge is 0.420 e. The fraction of sp³-hybridized carbons (Fsp3) is 0.583. The fourth-order valence-corrected chi connectivity index (χ4v) is 5.50. The van der Waals surface area contributed by atoms with E-state index < -0.39 is 17.6 Å². The van der Waals surface area contributed by atoms with Crippen molar-refractivity contribution < 1.29 is 27.0 Å². The Balaban J connectivity index is 1.26. The van der Waals surface area contributed by atoms with Crippen LogP contribution in [0.5, 0.6) is 0 Å². The number of anilines is 1. The molecule has 2 saturated heterocycles. The first-order valence-electron chi connectivity index (χ1n) is 11.7. The fourth-order valence-electron chi connectivity index (χ4n) is 5.50. The molecule has 6 nitrogen and oxygen atoms in total. The number of nitrogens with zero attached hydrogens (tertiary/aromatic N) is 3. The average Bonchev–Trinajstić information content (AvgIpc) is 3.33. The van der Waals surface area contributed by atoms with Crippen LogP contribution in [0.1, 0.15) is 24.0 Å². The van der Waals surface area contributed by atoms with Gasteiger partial charge in [-0.25, -0.2) is 4.39 Å². The van der Waals surface area contributed by atoms with E-state index in [0.717, 1.165) is 38.5 Å². The molecule has 1 aromatic heterocycles. The highest BCUT2D eigenvalue weighted by molar-refractivity contribution is 5.65. The molecule has 1 aromatic carbocycles. The molecule has 0 spiro atoms. The van der Waals surface area contributed by atoms with E-state index in [4.69, 9.17) is 9.47 Å². The van der Waals surface area contributed by atoms with E-state index >= 15 is 0 Å². The number of hydrogen-bond donors (Lipinski definition) is 1. The van der Waals surface area contributed by atoms with Gasteiger partial charge in [-0.2, -0.15) is 13.2 Å². The molecule has 1 aliphatic carbocycles. The third-order valence-corrected chi connectivity index (χ3v) is 7.09. The normalized spacial score (nSPS) is 27.7. The lowest BCUT2D eigenvalue weighted by atomic mass is 10.0. The molecule has 1 unspecified atom stereocenters. The predicted molar refractivity (Wildman–Crippen MR) is 118 cm³/mol. The summed E-state index contributed by atoms with van der Waals surface area (Å²) in [4.78, 5) is 2.38. The number of halogens is 4. The van der Waals surface area contributed by atoms with Crippen LogP contribution >= 0.6 is 0 Å². The van der Waals surface area contributed by atoms with Gasteiger partial charge in [0.05, 0.1) is 31.6 Å². The van der Waals surface area contributed by atoms with E-state index in [1.54, 1.807) is 6.92 Å². The summed E-state index contributed by atoms with van der Waals surface area (Å²) in [5, 5.41) is 10.9. The number of hydrogen-bond acceptors (Lipinski definition) is 6. The predicted octanol–water partition coefficient (Wildman–Crippen LogP) is 4.15. The van der Waals surface area contributed by atoms with Crippen molar-refractivity contribution in [2.24, 2.45) is 11.8 Å². The summed E-state index contributed by atoms with van der Waals surface area (Å²) in [7, 11) is 0. The molecule has 4 atom stereocenters. The quantitative estimate of drug-likeness (QED) is 0.649. The number of alkyl halides is 3. The van der Waals surface area contributed by atoms with Gasteiger partial charge in [0.2, 0.25) is 0 Å². The molecule has 10 heteroatoms. The van der Waals surface area contributed by atoms with Crippen molar-refractivity contribution >= 4 is 5.82 Å². The number of fused-ring (bicyclic) bond motifs is 1. The van der Waals surface area contributed by atoms with E-state index in [-0.39, 0.29) is 23.7 Å². The van der Waals surface area contributed by atoms with Crippen molar-refractivity contribution in [2.75, 3.05) is 44.8 Å². The topological polar surface area (TPSA) is 59.5 Å². The summed E-state index contributed by atoms with van der Waals surface area (Å²) >= 11 is 0. The number of aryl methyl sites for hydroxylation is 1. The number of aromatic nitrogens is 2. The maximum atomic E-state index is 13.9. The monoisotopic (exact) mass is 480 g/mol. The number of benzene rings is 1. The maximum Gasteiger partial charge on any atom is 0.420 e. The van der Waals surface area contributed by atoms with Gasteiger partial charge in [-0.05, 0) is 55.4 Å². The molecule has 5 rings (SSSR count). The van der Waals surface area contributed by atoms with Gasteiger partial charge in [0.1, 0.15) is 11.4 Å². The van der Waals surface area contributed by atoms with Crippen LogP contribution in [-0.4, -0.2) is 66.7 Å². The van der Waals surface area contributed by atoms with Crippen molar-refractivity contribution in [2.45, 2.75) is 38.1 Å². The molecule has 3 heterocycles. The first-order valence-corrected chi connectivity index (χ1v) is 11.7. The van der Waals surface area contributed by atoms with E-state index in [1.165, 1.54) is 18.2 Å². The summed E-state index contributed by atoms with van der Waals surface area (Å²) in [6, 6.07) is 4.83. The van der Waals surface area contributed by atoms with Gasteiger partial charge in [-0.15, -0.1) is 10.2 Å². The molecule has 2 aliphatic heterocycles. The Morgan fingerprint density at radius 3 is 2.53 bits per heavy atom. The lowest BCUT2D eigenvalue weighted by Gasteiger charge is -2.28. The Bertz CT molecular complexity index is 1010. The van der Waals surface area contributed by atoms with Crippen LogP contribution in [0.15, 0.2) is 24.3 Å². The SMILES string of the molecule is Cc1ccc(F)cc1-c1cc(C(F)(F)F)c(NC2C[C@@H]3CN(C[C@H]4COCCO4)C[C@@H]3C2)nn1. The second kappa shape index (κ2) is 9.39. The molecule has 184 valence electrons. The zero-order valence-corrected chi connectivity index (χ0v) is 18.9. The molecule has 3 aliphatic rings. The highest BCUT2D eigenvalue weighted by Crippen LogP contribution is 2.41. The molecule has 0 amide bonds. The third kappa shape index (κ3) is 5.04. The molecule has 2 aromatic rings. The standard InChI is InChI=1S/C24H28F4N4O2/c1-14-2-3-17(25)8-20(14)22-9-21(24(26,27)28)23(31-30-22)29-18-6-15-10-32(11-16(15)7-18)12-19-13-33-4-5-34-19/h2-3,8-9,15-16,18-19H,4-7,10-13H2,1H3,(H,29,31)/t15-,16+,18?,19-/m0/s1. The van der Waals surface area contributed by atoms with Gasteiger partial charge in [-0.1, -0.05) is 6.07 Å². The molecule has 0 bridgehead atoms. The van der Waals surface area contributed by atoms with Gasteiger partial charge in [0.15, 0.2) is 5.82 Å². The summed E-state index contributed by atoms with van der Waals surface area (Å²) in [5.74, 6) is 0.0595. The van der Waals surface area contributed by atoms with Crippen LogP contribution < -0.4 is 5.32 Å². The smallest absolute Gasteiger partial charge is 0.376 e. The highest BCUT2D eigenvalue weighted by atomic mass is 19.4. The lowest BCUT2D eigenvalue weighted by molar-refractivity contribution is -0.137. The first kappa shape index (κ1) is 23.4. The van der Waals surface area contributed by atoms with Crippen molar-refractivity contribution in [3.8, 4) is 11.3 Å². The summed E-state index contributed by atoms with van der Waals surface area (Å²) < 4.78 is 66.6. The Hall–Kier alpha value is -2.30. The van der Waals surface area contributed by atoms with Crippen LogP contribution in [-0.2, 0) is 15.7 Å². The highest BCUT2D eigenvalue weighted by Gasteiger charge is 2.43. The Morgan fingerprint density at radius 2 is 1.85 bits per heavy atom. The van der Waals surface area contributed by atoms with E-state index in [1.807, 2.05) is 0 Å². The van der Waals surface area contributed by atoms with Crippen LogP contribution in [0.2, 0.25) is 0 Å². The number of likely N-dealkylation sites (tertiary alicyclic amines) is 1. The minimum Gasteiger partial charge on any atom is -0.376 e. The molecule has 3 fully saturated rings. The Labute approximate surface area is 195 Å². The second-order valence-electron chi connectivity index (χ2n) is 9.57. The third-order valence-electron chi connectivity index (χ3n) is 7.09. The van der Waals surface area contributed by atoms with Crippen molar-refractivity contribution in [1.29, 1.82) is 0 Å². The van der Waals surface area contributed by atoms with Gasteiger partial charge in [0, 0.05) is 31.2 Å². The minimum atomic E-state index is -4.61. The van der Waals surface area contributed by atoms with Crippen LogP contribution in [0.25, 0.3) is 11.3 Å². The number of rotatable bonds is 5. The summed E-state index contributed by atoms with van der Waals surface area (Å²) in [5.41, 5.74) is 0.0484. The second-order valence-corrected chi connectivity index (χ2v) is 9.57. The Morgan fingerprint density at radius 1 is 1.09 bits per heavy atom. The summed E-state index contributed by atoms with van der Waals surface area (Å²) in [6.45, 7) is 6.23. The maximum absolute atomic E-state index is 13.9. The van der Waals surface area contributed by atoms with Crippen LogP contribution in [0.4, 0.5) is 23.4 Å². The number of nitrogens with one attached hydrogen (secondary N) is 1. The zero-order valence-electron chi connectivity index (χ0n) is 18.9. The van der Waals surface area contributed by atoms with E-state index in [2.05, 4.69) is 20.4 Å². The molecule has 1 saturated carbocycles. The minimum absolute atomic E-state index is 0.00252. The van der Waals surface area contributed by atoms with E-state index in [9.17, 15) is 17.6 Å². The van der Waals surface area contributed by atoms with Gasteiger partial charge in [0.25, 0.3) is 0 Å². The van der Waals surface area contributed by atoms with Crippen molar-refractivity contribution in [1.82, 2.24) is 15.1 Å². The first-order chi connectivity index (χ1) is 16.3. The van der Waals surface area contributed by atoms with Crippen LogP contribution in [0.3, 0.4) is 0 Å². The summed E-state index contributed by atoms with van der Waals surface area (Å²) in [6.07, 6.45) is -2.95. The van der Waals surface area contributed by atoms with Crippen molar-refractivity contribution in [3.63, 3.8) is 0 Å². The van der Waals surface area contributed by atoms with Gasteiger partial charge < -0.3 is 19.7 Å². The van der Waals surface area contributed by atoms with Gasteiger partial charge >= 0.3 is 6.18 Å².